The number of thioether (sulfide) groups is 2. The number of nitrogens with one attached hydrogen (secondary N) is 2. The number of benzene rings is 1. The van der Waals surface area contributed by atoms with Gasteiger partial charge in [-0.25, -0.2) is 4.79 Å². The highest BCUT2D eigenvalue weighted by atomic mass is 32.2. The van der Waals surface area contributed by atoms with E-state index in [0.29, 0.717) is 6.54 Å². The highest BCUT2D eigenvalue weighted by Gasteiger charge is 2.19. The van der Waals surface area contributed by atoms with Gasteiger partial charge in [-0.3, -0.25) is 10.1 Å². The van der Waals surface area contributed by atoms with Crippen LogP contribution in [0.3, 0.4) is 0 Å². The van der Waals surface area contributed by atoms with Crippen LogP contribution in [0.25, 0.3) is 0 Å². The van der Waals surface area contributed by atoms with Gasteiger partial charge in [0.05, 0.1) is 5.25 Å². The molecule has 0 fully saturated rings. The zero-order chi connectivity index (χ0) is 18.8. The molecule has 0 unspecified atom stereocenters. The molecule has 1 aromatic carbocycles. The first-order chi connectivity index (χ1) is 12.6. The Balaban J connectivity index is 1.73. The van der Waals surface area contributed by atoms with E-state index in [1.807, 2.05) is 30.3 Å². The summed E-state index contributed by atoms with van der Waals surface area (Å²) in [6, 6.07) is 9.02. The summed E-state index contributed by atoms with van der Waals surface area (Å²) in [7, 11) is 0. The van der Waals surface area contributed by atoms with Crippen molar-refractivity contribution in [1.82, 2.24) is 20.8 Å². The van der Waals surface area contributed by atoms with Crippen LogP contribution in [0.1, 0.15) is 32.3 Å². The standard InChI is InChI=1S/C17H22N4O2S3/c1-3-4-10-24-16-20-21-17(26-16)25-12(2)14(22)19-15(23)18-11-13-8-6-5-7-9-13/h5-9,12H,3-4,10-11H2,1-2H3,(H2,18,19,22,23)/t12-/m0/s1. The lowest BCUT2D eigenvalue weighted by molar-refractivity contribution is -0.119. The summed E-state index contributed by atoms with van der Waals surface area (Å²) >= 11 is 4.47. The van der Waals surface area contributed by atoms with Crippen LogP contribution in [0.2, 0.25) is 0 Å². The molecule has 1 atom stereocenters. The Kier molecular flexibility index (Phi) is 8.93. The Hall–Kier alpha value is -1.58. The molecule has 9 heteroatoms. The molecule has 2 N–H and O–H groups in total. The molecule has 0 saturated heterocycles. The lowest BCUT2D eigenvalue weighted by Crippen LogP contribution is -2.42. The van der Waals surface area contributed by atoms with Crippen LogP contribution in [0.15, 0.2) is 39.0 Å². The first kappa shape index (κ1) is 20.7. The lowest BCUT2D eigenvalue weighted by atomic mass is 10.2. The predicted molar refractivity (Wildman–Crippen MR) is 108 cm³/mol. The quantitative estimate of drug-likeness (QED) is 0.481. The Bertz CT molecular complexity index is 709. The summed E-state index contributed by atoms with van der Waals surface area (Å²) < 4.78 is 1.64. The van der Waals surface area contributed by atoms with Gasteiger partial charge in [-0.15, -0.1) is 10.2 Å². The van der Waals surface area contributed by atoms with Crippen LogP contribution < -0.4 is 10.6 Å². The van der Waals surface area contributed by atoms with E-state index in [-0.39, 0.29) is 5.91 Å². The van der Waals surface area contributed by atoms with Crippen molar-refractivity contribution in [3.05, 3.63) is 35.9 Å². The number of imide groups is 1. The van der Waals surface area contributed by atoms with Gasteiger partial charge in [-0.05, 0) is 18.9 Å². The van der Waals surface area contributed by atoms with E-state index in [1.165, 1.54) is 23.1 Å². The van der Waals surface area contributed by atoms with Gasteiger partial charge in [0.25, 0.3) is 0 Å². The van der Waals surface area contributed by atoms with Crippen molar-refractivity contribution in [2.75, 3.05) is 5.75 Å². The molecule has 1 aromatic heterocycles. The van der Waals surface area contributed by atoms with E-state index in [4.69, 9.17) is 0 Å². The fraction of sp³-hybridized carbons (Fsp3) is 0.412. The molecule has 6 nitrogen and oxygen atoms in total. The molecular weight excluding hydrogens is 388 g/mol. The van der Waals surface area contributed by atoms with Crippen molar-refractivity contribution >= 4 is 46.8 Å². The molecule has 0 aliphatic heterocycles. The maximum atomic E-state index is 12.1. The molecule has 0 radical (unpaired) electrons. The first-order valence-electron chi connectivity index (χ1n) is 8.34. The third kappa shape index (κ3) is 7.35. The molecule has 3 amide bonds. The van der Waals surface area contributed by atoms with Crippen molar-refractivity contribution < 1.29 is 9.59 Å². The summed E-state index contributed by atoms with van der Waals surface area (Å²) in [4.78, 5) is 24.0. The fourth-order valence-corrected chi connectivity index (χ4v) is 5.17. The Morgan fingerprint density at radius 1 is 1.19 bits per heavy atom. The van der Waals surface area contributed by atoms with Crippen molar-refractivity contribution in [3.8, 4) is 0 Å². The Morgan fingerprint density at radius 3 is 2.65 bits per heavy atom. The number of nitrogens with zero attached hydrogens (tertiary/aromatic N) is 2. The number of rotatable bonds is 9. The average molecular weight is 411 g/mol. The molecule has 26 heavy (non-hydrogen) atoms. The fourth-order valence-electron chi connectivity index (χ4n) is 1.85. The number of urea groups is 1. The molecule has 0 saturated carbocycles. The van der Waals surface area contributed by atoms with Crippen LogP contribution in [0.4, 0.5) is 4.79 Å². The van der Waals surface area contributed by atoms with Gasteiger partial charge in [0, 0.05) is 12.3 Å². The maximum absolute atomic E-state index is 12.1. The van der Waals surface area contributed by atoms with Crippen LogP contribution >= 0.6 is 34.9 Å². The van der Waals surface area contributed by atoms with Gasteiger partial charge in [-0.2, -0.15) is 0 Å². The smallest absolute Gasteiger partial charge is 0.321 e. The van der Waals surface area contributed by atoms with Crippen LogP contribution in [0.5, 0.6) is 0 Å². The van der Waals surface area contributed by atoms with E-state index >= 15 is 0 Å². The minimum absolute atomic E-state index is 0.351. The van der Waals surface area contributed by atoms with E-state index in [0.717, 1.165) is 32.8 Å². The second kappa shape index (κ2) is 11.2. The molecular formula is C17H22N4O2S3. The molecule has 2 rings (SSSR count). The zero-order valence-corrected chi connectivity index (χ0v) is 17.2. The molecule has 1 heterocycles. The van der Waals surface area contributed by atoms with Gasteiger partial charge in [0.15, 0.2) is 8.68 Å². The van der Waals surface area contributed by atoms with E-state index < -0.39 is 11.3 Å². The number of hydrogen-bond acceptors (Lipinski definition) is 7. The van der Waals surface area contributed by atoms with E-state index in [9.17, 15) is 9.59 Å². The summed E-state index contributed by atoms with van der Waals surface area (Å²) in [6.07, 6.45) is 2.29. The Labute approximate surface area is 165 Å². The summed E-state index contributed by atoms with van der Waals surface area (Å²) in [6.45, 7) is 4.27. The highest BCUT2D eigenvalue weighted by molar-refractivity contribution is 8.03. The molecule has 0 aliphatic carbocycles. The Morgan fingerprint density at radius 2 is 1.92 bits per heavy atom. The molecule has 2 aromatic rings. The largest absolute Gasteiger partial charge is 0.334 e. The van der Waals surface area contributed by atoms with Gasteiger partial charge < -0.3 is 5.32 Å². The molecule has 0 bridgehead atoms. The summed E-state index contributed by atoms with van der Waals surface area (Å²) in [5, 5.41) is 12.8. The van der Waals surface area contributed by atoms with Crippen LogP contribution in [-0.4, -0.2) is 33.1 Å². The third-order valence-corrected chi connectivity index (χ3v) is 6.62. The van der Waals surface area contributed by atoms with Crippen molar-refractivity contribution in [2.24, 2.45) is 0 Å². The number of carbonyl (C=O) groups is 2. The second-order valence-electron chi connectivity index (χ2n) is 5.45. The minimum Gasteiger partial charge on any atom is -0.334 e. The van der Waals surface area contributed by atoms with Crippen LogP contribution in [0, 0.1) is 0 Å². The van der Waals surface area contributed by atoms with Gasteiger partial charge in [0.2, 0.25) is 5.91 Å². The van der Waals surface area contributed by atoms with Gasteiger partial charge >= 0.3 is 6.03 Å². The first-order valence-corrected chi connectivity index (χ1v) is 11.0. The van der Waals surface area contributed by atoms with E-state index in [2.05, 4.69) is 27.8 Å². The topological polar surface area (TPSA) is 84.0 Å². The lowest BCUT2D eigenvalue weighted by Gasteiger charge is -2.10. The molecule has 0 aliphatic rings. The summed E-state index contributed by atoms with van der Waals surface area (Å²) in [5.74, 6) is 0.670. The van der Waals surface area contributed by atoms with E-state index in [1.54, 1.807) is 18.7 Å². The SMILES string of the molecule is CCCCSc1nnc(S[C@@H](C)C(=O)NC(=O)NCc2ccccc2)s1. The summed E-state index contributed by atoms with van der Waals surface area (Å²) in [5.41, 5.74) is 0.972. The molecule has 0 spiro atoms. The van der Waals surface area contributed by atoms with Crippen LogP contribution in [-0.2, 0) is 11.3 Å². The third-order valence-electron chi connectivity index (χ3n) is 3.29. The minimum atomic E-state index is -0.501. The number of hydrogen-bond donors (Lipinski definition) is 2. The van der Waals surface area contributed by atoms with Gasteiger partial charge in [0.1, 0.15) is 0 Å². The predicted octanol–water partition coefficient (Wildman–Crippen LogP) is 3.94. The monoisotopic (exact) mass is 410 g/mol. The maximum Gasteiger partial charge on any atom is 0.321 e. The number of aromatic nitrogens is 2. The average Bonchev–Trinajstić information content (AvgIpc) is 3.08. The number of carbonyl (C=O) groups excluding carboxylic acids is 2. The number of unbranched alkanes of at least 4 members (excludes halogenated alkanes) is 1. The van der Waals surface area contributed by atoms with Crippen molar-refractivity contribution in [2.45, 2.75) is 47.2 Å². The van der Waals surface area contributed by atoms with Gasteiger partial charge in [-0.1, -0.05) is 78.5 Å². The highest BCUT2D eigenvalue weighted by Crippen LogP contribution is 2.31. The second-order valence-corrected chi connectivity index (χ2v) is 9.36. The van der Waals surface area contributed by atoms with Crippen molar-refractivity contribution in [1.29, 1.82) is 0 Å². The number of amides is 3. The normalized spacial score (nSPS) is 11.8. The molecule has 140 valence electrons. The zero-order valence-electron chi connectivity index (χ0n) is 14.7. The van der Waals surface area contributed by atoms with Crippen molar-refractivity contribution in [3.63, 3.8) is 0 Å².